The molecule has 0 fully saturated rings. The largest absolute Gasteiger partial charge is 0.494 e. The summed E-state index contributed by atoms with van der Waals surface area (Å²) in [5.74, 6) is -0.107. The number of methoxy groups -OCH3 is 2. The summed E-state index contributed by atoms with van der Waals surface area (Å²) < 4.78 is 24.0. The van der Waals surface area contributed by atoms with Gasteiger partial charge in [-0.3, -0.25) is 0 Å². The van der Waals surface area contributed by atoms with Gasteiger partial charge in [0.15, 0.2) is 11.6 Å². The van der Waals surface area contributed by atoms with Crippen molar-refractivity contribution in [3.8, 4) is 0 Å². The molecule has 0 amide bonds. The van der Waals surface area contributed by atoms with Crippen LogP contribution in [-0.2, 0) is 9.47 Å². The van der Waals surface area contributed by atoms with Crippen molar-refractivity contribution in [2.45, 2.75) is 27.2 Å². The number of ether oxygens (including phenoxy) is 2. The molecule has 0 radical (unpaired) electrons. The second-order valence-electron chi connectivity index (χ2n) is 3.67. The molecule has 0 saturated carbocycles. The molecule has 0 aromatic rings. The van der Waals surface area contributed by atoms with Gasteiger partial charge in [0.25, 0.3) is 0 Å². The fourth-order valence-electron chi connectivity index (χ4n) is 1.25. The Bertz CT molecular complexity index is 297. The van der Waals surface area contributed by atoms with E-state index in [0.29, 0.717) is 5.57 Å². The van der Waals surface area contributed by atoms with E-state index in [1.807, 2.05) is 20.8 Å². The average Bonchev–Trinajstić information content (AvgIpc) is 2.24. The van der Waals surface area contributed by atoms with Gasteiger partial charge in [-0.05, 0) is 26.3 Å². The lowest BCUT2D eigenvalue weighted by Crippen LogP contribution is -1.99. The van der Waals surface area contributed by atoms with Crippen LogP contribution >= 0.6 is 0 Å². The number of halogens is 1. The van der Waals surface area contributed by atoms with E-state index in [0.717, 1.165) is 12.0 Å². The molecule has 0 unspecified atom stereocenters. The summed E-state index contributed by atoms with van der Waals surface area (Å²) in [6.45, 7) is 6.00. The van der Waals surface area contributed by atoms with Crippen LogP contribution in [0.25, 0.3) is 0 Å². The first-order chi connectivity index (χ1) is 7.56. The summed E-state index contributed by atoms with van der Waals surface area (Å²) >= 11 is 0. The van der Waals surface area contributed by atoms with Crippen LogP contribution in [0.1, 0.15) is 27.2 Å². The second-order valence-corrected chi connectivity index (χ2v) is 3.67. The van der Waals surface area contributed by atoms with Crippen LogP contribution in [0.5, 0.6) is 0 Å². The minimum atomic E-state index is -0.354. The van der Waals surface area contributed by atoms with Crippen molar-refractivity contribution in [1.82, 2.24) is 0 Å². The van der Waals surface area contributed by atoms with Crippen molar-refractivity contribution >= 4 is 0 Å². The van der Waals surface area contributed by atoms with E-state index in [1.165, 1.54) is 7.11 Å². The molecule has 92 valence electrons. The predicted octanol–water partition coefficient (Wildman–Crippen LogP) is 3.76. The van der Waals surface area contributed by atoms with Gasteiger partial charge in [-0.25, -0.2) is 4.39 Å². The molecular weight excluding hydrogens is 207 g/mol. The van der Waals surface area contributed by atoms with Gasteiger partial charge in [0.2, 0.25) is 0 Å². The Morgan fingerprint density at radius 3 is 2.25 bits per heavy atom. The van der Waals surface area contributed by atoms with E-state index >= 15 is 0 Å². The smallest absolute Gasteiger partial charge is 0.170 e. The van der Waals surface area contributed by atoms with Crippen LogP contribution in [0.3, 0.4) is 0 Å². The van der Waals surface area contributed by atoms with Crippen LogP contribution in [0, 0.1) is 0 Å². The maximum absolute atomic E-state index is 14.0. The number of hydrogen-bond acceptors (Lipinski definition) is 2. The van der Waals surface area contributed by atoms with Crippen LogP contribution in [0.4, 0.5) is 4.39 Å². The number of hydrogen-bond donors (Lipinski definition) is 0. The summed E-state index contributed by atoms with van der Waals surface area (Å²) in [4.78, 5) is 0. The zero-order valence-electron chi connectivity index (χ0n) is 10.8. The van der Waals surface area contributed by atoms with E-state index in [1.54, 1.807) is 19.3 Å². The maximum atomic E-state index is 14.0. The Kier molecular flexibility index (Phi) is 7.56. The maximum Gasteiger partial charge on any atom is 0.170 e. The molecule has 0 spiro atoms. The molecule has 0 aliphatic carbocycles. The molecule has 0 aliphatic heterocycles. The fourth-order valence-corrected chi connectivity index (χ4v) is 1.25. The van der Waals surface area contributed by atoms with Gasteiger partial charge in [0.1, 0.15) is 0 Å². The van der Waals surface area contributed by atoms with E-state index in [4.69, 9.17) is 9.47 Å². The highest BCUT2D eigenvalue weighted by Gasteiger charge is 2.10. The second kappa shape index (κ2) is 8.11. The number of rotatable bonds is 6. The molecule has 0 heterocycles. The lowest BCUT2D eigenvalue weighted by Gasteiger charge is -2.08. The van der Waals surface area contributed by atoms with Crippen LogP contribution in [-0.4, -0.2) is 20.8 Å². The lowest BCUT2D eigenvalue weighted by molar-refractivity contribution is 0.221. The summed E-state index contributed by atoms with van der Waals surface area (Å²) in [6.07, 6.45) is 4.24. The first kappa shape index (κ1) is 14.9. The van der Waals surface area contributed by atoms with Crippen LogP contribution < -0.4 is 0 Å². The third-order valence-corrected chi connectivity index (χ3v) is 1.89. The highest BCUT2D eigenvalue weighted by Crippen LogP contribution is 2.20. The van der Waals surface area contributed by atoms with Crippen LogP contribution in [0.2, 0.25) is 0 Å². The lowest BCUT2D eigenvalue weighted by atomic mass is 10.1. The van der Waals surface area contributed by atoms with Crippen molar-refractivity contribution in [3.05, 3.63) is 34.9 Å². The van der Waals surface area contributed by atoms with E-state index in [-0.39, 0.29) is 18.2 Å². The SMILES string of the molecule is CC/C=C(COC)/C(F)=C(\C=C(C)C)OC. The first-order valence-corrected chi connectivity index (χ1v) is 5.33. The minimum absolute atomic E-state index is 0.247. The molecule has 2 nitrogen and oxygen atoms in total. The normalized spacial score (nSPS) is 13.2. The molecule has 0 aromatic carbocycles. The molecule has 0 atom stereocenters. The van der Waals surface area contributed by atoms with E-state index < -0.39 is 0 Å². The fraction of sp³-hybridized carbons (Fsp3) is 0.538. The van der Waals surface area contributed by atoms with Gasteiger partial charge in [0, 0.05) is 12.7 Å². The third-order valence-electron chi connectivity index (χ3n) is 1.89. The molecular formula is C13H21FO2. The standard InChI is InChI=1S/C13H21FO2/c1-6-7-11(9-15-4)13(14)12(16-5)8-10(2)3/h7-8H,6,9H2,1-5H3/b11-7+,13-12-. The van der Waals surface area contributed by atoms with Crippen molar-refractivity contribution in [1.29, 1.82) is 0 Å². The van der Waals surface area contributed by atoms with Gasteiger partial charge < -0.3 is 9.47 Å². The summed E-state index contributed by atoms with van der Waals surface area (Å²) in [7, 11) is 3.01. The van der Waals surface area contributed by atoms with E-state index in [9.17, 15) is 4.39 Å². The van der Waals surface area contributed by atoms with E-state index in [2.05, 4.69) is 0 Å². The summed E-state index contributed by atoms with van der Waals surface area (Å²) in [5, 5.41) is 0. The first-order valence-electron chi connectivity index (χ1n) is 5.33. The topological polar surface area (TPSA) is 18.5 Å². The monoisotopic (exact) mass is 228 g/mol. The van der Waals surface area contributed by atoms with Crippen LogP contribution in [0.15, 0.2) is 34.9 Å². The quantitative estimate of drug-likeness (QED) is 0.509. The van der Waals surface area contributed by atoms with Crippen molar-refractivity contribution < 1.29 is 13.9 Å². The Morgan fingerprint density at radius 1 is 1.25 bits per heavy atom. The molecule has 0 saturated heterocycles. The Labute approximate surface area is 97.4 Å². The molecule has 0 aromatic heterocycles. The Morgan fingerprint density at radius 2 is 1.88 bits per heavy atom. The number of allylic oxidation sites excluding steroid dienone is 3. The third kappa shape index (κ3) is 5.12. The van der Waals surface area contributed by atoms with Crippen molar-refractivity contribution in [3.63, 3.8) is 0 Å². The zero-order valence-corrected chi connectivity index (χ0v) is 10.8. The molecule has 0 aliphatic rings. The summed E-state index contributed by atoms with van der Waals surface area (Å²) in [6, 6.07) is 0. The molecule has 16 heavy (non-hydrogen) atoms. The molecule has 3 heteroatoms. The predicted molar refractivity (Wildman–Crippen MR) is 64.8 cm³/mol. The molecule has 0 rings (SSSR count). The molecule has 0 bridgehead atoms. The van der Waals surface area contributed by atoms with Crippen molar-refractivity contribution in [2.75, 3.05) is 20.8 Å². The highest BCUT2D eigenvalue weighted by atomic mass is 19.1. The van der Waals surface area contributed by atoms with Gasteiger partial charge in [0.05, 0.1) is 13.7 Å². The average molecular weight is 228 g/mol. The minimum Gasteiger partial charge on any atom is -0.494 e. The van der Waals surface area contributed by atoms with Gasteiger partial charge in [-0.15, -0.1) is 0 Å². The van der Waals surface area contributed by atoms with Gasteiger partial charge in [-0.2, -0.15) is 0 Å². The van der Waals surface area contributed by atoms with Crippen molar-refractivity contribution in [2.24, 2.45) is 0 Å². The Hall–Kier alpha value is -1.09. The summed E-state index contributed by atoms with van der Waals surface area (Å²) in [5.41, 5.74) is 1.51. The molecule has 0 N–H and O–H groups in total. The Balaban J connectivity index is 5.19. The zero-order chi connectivity index (χ0) is 12.6. The highest BCUT2D eigenvalue weighted by molar-refractivity contribution is 5.33. The van der Waals surface area contributed by atoms with Gasteiger partial charge >= 0.3 is 0 Å². The van der Waals surface area contributed by atoms with Gasteiger partial charge in [-0.1, -0.05) is 18.6 Å².